The van der Waals surface area contributed by atoms with Crippen molar-refractivity contribution in [3.63, 3.8) is 0 Å². The number of carbonyl (C=O) groups is 2. The number of hydrogen-bond donors (Lipinski definition) is 2. The molecule has 0 spiro atoms. The molecular formula is C13H19N3O3. The number of nitrogen functional groups attached to an aromatic ring is 1. The summed E-state index contributed by atoms with van der Waals surface area (Å²) < 4.78 is 5.06. The summed E-state index contributed by atoms with van der Waals surface area (Å²) >= 11 is 0. The molecule has 0 aliphatic carbocycles. The Kier molecular flexibility index (Phi) is 5.17. The molecule has 0 aromatic heterocycles. The number of hydrogen-bond acceptors (Lipinski definition) is 4. The third kappa shape index (κ3) is 4.87. The van der Waals surface area contributed by atoms with Crippen LogP contribution in [0.5, 0.6) is 0 Å². The zero-order chi connectivity index (χ0) is 14.4. The largest absolute Gasteiger partial charge is 0.447 e. The van der Waals surface area contributed by atoms with E-state index in [9.17, 15) is 9.59 Å². The van der Waals surface area contributed by atoms with Crippen molar-refractivity contribution >= 4 is 17.7 Å². The minimum Gasteiger partial charge on any atom is -0.447 e. The van der Waals surface area contributed by atoms with Crippen LogP contribution in [-0.4, -0.2) is 29.5 Å². The van der Waals surface area contributed by atoms with Crippen LogP contribution in [0.4, 0.5) is 10.5 Å². The van der Waals surface area contributed by atoms with Gasteiger partial charge in [0.15, 0.2) is 0 Å². The smallest absolute Gasteiger partial charge is 0.410 e. The van der Waals surface area contributed by atoms with Gasteiger partial charge < -0.3 is 16.2 Å². The fourth-order valence-electron chi connectivity index (χ4n) is 1.53. The molecule has 104 valence electrons. The molecule has 1 rings (SSSR count). The highest BCUT2D eigenvalue weighted by Gasteiger charge is 2.19. The van der Waals surface area contributed by atoms with Crippen LogP contribution in [0.2, 0.25) is 0 Å². The van der Waals surface area contributed by atoms with Gasteiger partial charge >= 0.3 is 6.09 Å². The first-order chi connectivity index (χ1) is 8.90. The van der Waals surface area contributed by atoms with E-state index in [1.807, 2.05) is 6.07 Å². The molecule has 0 bridgehead atoms. The van der Waals surface area contributed by atoms with E-state index in [0.29, 0.717) is 5.69 Å². The summed E-state index contributed by atoms with van der Waals surface area (Å²) in [7, 11) is 0. The van der Waals surface area contributed by atoms with Gasteiger partial charge in [0.25, 0.3) is 0 Å². The molecule has 2 amide bonds. The molecule has 4 N–H and O–H groups in total. The van der Waals surface area contributed by atoms with Crippen molar-refractivity contribution in [2.75, 3.05) is 12.3 Å². The fourth-order valence-corrected chi connectivity index (χ4v) is 1.53. The van der Waals surface area contributed by atoms with Crippen LogP contribution in [0.1, 0.15) is 19.4 Å². The summed E-state index contributed by atoms with van der Waals surface area (Å²) in [6.45, 7) is 3.44. The number of carbonyl (C=O) groups excluding carboxylic acids is 2. The lowest BCUT2D eigenvalue weighted by atomic mass is 10.1. The van der Waals surface area contributed by atoms with Crippen LogP contribution in [0, 0.1) is 0 Å². The highest BCUT2D eigenvalue weighted by atomic mass is 16.6. The summed E-state index contributed by atoms with van der Waals surface area (Å²) in [6, 6.07) is 7.11. The van der Waals surface area contributed by atoms with E-state index < -0.39 is 12.0 Å². The molecule has 0 aliphatic heterocycles. The van der Waals surface area contributed by atoms with Crippen molar-refractivity contribution in [1.82, 2.24) is 4.90 Å². The van der Waals surface area contributed by atoms with Crippen LogP contribution < -0.4 is 11.5 Å². The normalized spacial score (nSPS) is 10.3. The molecule has 0 aliphatic rings. The maximum absolute atomic E-state index is 11.9. The number of primary amides is 1. The maximum Gasteiger partial charge on any atom is 0.410 e. The second kappa shape index (κ2) is 6.63. The average Bonchev–Trinajstić information content (AvgIpc) is 2.29. The van der Waals surface area contributed by atoms with Crippen LogP contribution in [-0.2, 0) is 16.1 Å². The van der Waals surface area contributed by atoms with Gasteiger partial charge in [-0.05, 0) is 25.5 Å². The van der Waals surface area contributed by atoms with E-state index in [2.05, 4.69) is 0 Å². The Morgan fingerprint density at radius 2 is 1.95 bits per heavy atom. The summed E-state index contributed by atoms with van der Waals surface area (Å²) in [5.41, 5.74) is 12.2. The zero-order valence-corrected chi connectivity index (χ0v) is 11.1. The standard InChI is InChI=1S/C13H19N3O3/c1-9(2)19-13(18)16(8-12(15)17)7-10-5-3-4-6-11(10)14/h3-6,9H,7-8,14H2,1-2H3,(H2,15,17). The lowest BCUT2D eigenvalue weighted by molar-refractivity contribution is -0.119. The Morgan fingerprint density at radius 1 is 1.32 bits per heavy atom. The monoisotopic (exact) mass is 265 g/mol. The number of benzene rings is 1. The van der Waals surface area contributed by atoms with Gasteiger partial charge in [0.05, 0.1) is 12.6 Å². The highest BCUT2D eigenvalue weighted by Crippen LogP contribution is 2.14. The number of anilines is 1. The number of nitrogens with two attached hydrogens (primary N) is 2. The third-order valence-corrected chi connectivity index (χ3v) is 2.36. The van der Waals surface area contributed by atoms with Crippen LogP contribution >= 0.6 is 0 Å². The lowest BCUT2D eigenvalue weighted by Gasteiger charge is -2.22. The Morgan fingerprint density at radius 3 is 2.47 bits per heavy atom. The van der Waals surface area contributed by atoms with Crippen LogP contribution in [0.3, 0.4) is 0 Å². The number of amides is 2. The molecule has 0 unspecified atom stereocenters. The summed E-state index contributed by atoms with van der Waals surface area (Å²) in [5, 5.41) is 0. The molecule has 0 saturated carbocycles. The molecule has 19 heavy (non-hydrogen) atoms. The first-order valence-electron chi connectivity index (χ1n) is 5.97. The minimum atomic E-state index is -0.602. The van der Waals surface area contributed by atoms with Gasteiger partial charge in [-0.15, -0.1) is 0 Å². The summed E-state index contributed by atoms with van der Waals surface area (Å²) in [4.78, 5) is 24.1. The van der Waals surface area contributed by atoms with Gasteiger partial charge in [-0.25, -0.2) is 4.79 Å². The molecule has 0 atom stereocenters. The minimum absolute atomic E-state index is 0.182. The van der Waals surface area contributed by atoms with E-state index >= 15 is 0 Å². The van der Waals surface area contributed by atoms with E-state index in [4.69, 9.17) is 16.2 Å². The number of rotatable bonds is 5. The third-order valence-electron chi connectivity index (χ3n) is 2.36. The average molecular weight is 265 g/mol. The predicted molar refractivity (Wildman–Crippen MR) is 72.1 cm³/mol. The molecule has 0 fully saturated rings. The first kappa shape index (κ1) is 14.8. The zero-order valence-electron chi connectivity index (χ0n) is 11.1. The van der Waals surface area contributed by atoms with E-state index in [1.54, 1.807) is 32.0 Å². The number of para-hydroxylation sites is 1. The van der Waals surface area contributed by atoms with E-state index in [0.717, 1.165) is 5.56 Å². The van der Waals surface area contributed by atoms with E-state index in [1.165, 1.54) is 4.90 Å². The highest BCUT2D eigenvalue weighted by molar-refractivity contribution is 5.80. The van der Waals surface area contributed by atoms with Gasteiger partial charge in [-0.3, -0.25) is 9.69 Å². The molecule has 1 aromatic rings. The Balaban J connectivity index is 2.83. The summed E-state index contributed by atoms with van der Waals surface area (Å²) in [5.74, 6) is -0.602. The van der Waals surface area contributed by atoms with Crippen LogP contribution in [0.25, 0.3) is 0 Å². The van der Waals surface area contributed by atoms with Crippen molar-refractivity contribution in [2.45, 2.75) is 26.5 Å². The second-order valence-corrected chi connectivity index (χ2v) is 4.45. The fraction of sp³-hybridized carbons (Fsp3) is 0.385. The van der Waals surface area contributed by atoms with E-state index in [-0.39, 0.29) is 19.2 Å². The van der Waals surface area contributed by atoms with Gasteiger partial charge in [-0.1, -0.05) is 18.2 Å². The van der Waals surface area contributed by atoms with Gasteiger partial charge in [-0.2, -0.15) is 0 Å². The maximum atomic E-state index is 11.9. The Labute approximate surface area is 112 Å². The number of nitrogens with zero attached hydrogens (tertiary/aromatic N) is 1. The van der Waals surface area contributed by atoms with Crippen molar-refractivity contribution in [1.29, 1.82) is 0 Å². The Bertz CT molecular complexity index is 460. The molecule has 1 aromatic carbocycles. The van der Waals surface area contributed by atoms with Crippen LogP contribution in [0.15, 0.2) is 24.3 Å². The summed E-state index contributed by atoms with van der Waals surface area (Å²) in [6.07, 6.45) is -0.854. The molecule has 6 nitrogen and oxygen atoms in total. The number of ether oxygens (including phenoxy) is 1. The van der Waals surface area contributed by atoms with Gasteiger partial charge in [0, 0.05) is 5.69 Å². The predicted octanol–water partition coefficient (Wildman–Crippen LogP) is 1.10. The molecule has 0 heterocycles. The SMILES string of the molecule is CC(C)OC(=O)N(CC(N)=O)Cc1ccccc1N. The Hall–Kier alpha value is -2.24. The first-order valence-corrected chi connectivity index (χ1v) is 5.97. The molecule has 0 radical (unpaired) electrons. The van der Waals surface area contributed by atoms with Gasteiger partial charge in [0.2, 0.25) is 5.91 Å². The molecule has 0 saturated heterocycles. The quantitative estimate of drug-likeness (QED) is 0.779. The van der Waals surface area contributed by atoms with Crippen molar-refractivity contribution in [3.05, 3.63) is 29.8 Å². The topological polar surface area (TPSA) is 98.6 Å². The van der Waals surface area contributed by atoms with Crippen molar-refractivity contribution < 1.29 is 14.3 Å². The van der Waals surface area contributed by atoms with Crippen molar-refractivity contribution in [3.8, 4) is 0 Å². The molecule has 6 heteroatoms. The molecular weight excluding hydrogens is 246 g/mol. The lowest BCUT2D eigenvalue weighted by Crippen LogP contribution is -2.39. The second-order valence-electron chi connectivity index (χ2n) is 4.45. The van der Waals surface area contributed by atoms with Gasteiger partial charge in [0.1, 0.15) is 6.54 Å². The van der Waals surface area contributed by atoms with Crippen molar-refractivity contribution in [2.24, 2.45) is 5.73 Å².